The molecule has 2 fully saturated rings. The third-order valence-corrected chi connectivity index (χ3v) is 4.81. The Balaban J connectivity index is 2.09. The minimum absolute atomic E-state index is 0.391. The molecule has 2 aliphatic rings. The molecule has 2 rings (SSSR count). The molecule has 1 aliphatic carbocycles. The van der Waals surface area contributed by atoms with Gasteiger partial charge in [0.05, 0.1) is 0 Å². The van der Waals surface area contributed by atoms with Crippen LogP contribution in [0.15, 0.2) is 0 Å². The van der Waals surface area contributed by atoms with Gasteiger partial charge >= 0.3 is 0 Å². The van der Waals surface area contributed by atoms with Crippen LogP contribution in [0.4, 0.5) is 0 Å². The van der Waals surface area contributed by atoms with Gasteiger partial charge in [0.2, 0.25) is 0 Å². The molecule has 2 heteroatoms. The first-order valence-corrected chi connectivity index (χ1v) is 6.64. The number of nitrogens with zero attached hydrogens (tertiary/aromatic N) is 1. The molecule has 2 nitrogen and oxygen atoms in total. The predicted octanol–water partition coefficient (Wildman–Crippen LogP) is 2.39. The van der Waals surface area contributed by atoms with E-state index in [1.54, 1.807) is 0 Å². The average molecular weight is 210 g/mol. The quantitative estimate of drug-likeness (QED) is 0.753. The molecule has 1 saturated carbocycles. The lowest BCUT2D eigenvalue weighted by Crippen LogP contribution is -2.68. The molecular formula is C13H26N2. The molecule has 88 valence electrons. The summed E-state index contributed by atoms with van der Waals surface area (Å²) in [6.45, 7) is 10.7. The van der Waals surface area contributed by atoms with Crippen LogP contribution in [0.1, 0.15) is 52.9 Å². The number of rotatable bonds is 2. The second kappa shape index (κ2) is 4.06. The molecule has 0 aromatic rings. The van der Waals surface area contributed by atoms with E-state index in [4.69, 9.17) is 0 Å². The van der Waals surface area contributed by atoms with E-state index in [0.717, 1.165) is 0 Å². The molecule has 1 aliphatic heterocycles. The first-order chi connectivity index (χ1) is 7.14. The highest BCUT2D eigenvalue weighted by Gasteiger charge is 2.44. The van der Waals surface area contributed by atoms with Crippen molar-refractivity contribution in [1.82, 2.24) is 10.2 Å². The van der Waals surface area contributed by atoms with E-state index in [0.29, 0.717) is 11.1 Å². The fourth-order valence-corrected chi connectivity index (χ4v) is 3.33. The van der Waals surface area contributed by atoms with Crippen LogP contribution in [0.5, 0.6) is 0 Å². The molecular weight excluding hydrogens is 184 g/mol. The summed E-state index contributed by atoms with van der Waals surface area (Å²) in [5.41, 5.74) is 0.868. The van der Waals surface area contributed by atoms with E-state index < -0.39 is 0 Å². The van der Waals surface area contributed by atoms with E-state index in [1.165, 1.54) is 51.7 Å². The molecule has 1 heterocycles. The van der Waals surface area contributed by atoms with Gasteiger partial charge in [0.25, 0.3) is 0 Å². The zero-order valence-electron chi connectivity index (χ0n) is 10.6. The van der Waals surface area contributed by atoms with Gasteiger partial charge in [0, 0.05) is 24.2 Å². The maximum absolute atomic E-state index is 3.86. The van der Waals surface area contributed by atoms with Crippen molar-refractivity contribution in [2.45, 2.75) is 64.0 Å². The average Bonchev–Trinajstić information content (AvgIpc) is 2.71. The zero-order chi connectivity index (χ0) is 10.9. The molecule has 1 spiro atoms. The number of likely N-dealkylation sites (N-methyl/N-ethyl adjacent to an activating group) is 1. The van der Waals surface area contributed by atoms with Crippen LogP contribution in [-0.2, 0) is 0 Å². The molecule has 0 amide bonds. The van der Waals surface area contributed by atoms with Gasteiger partial charge < -0.3 is 5.32 Å². The van der Waals surface area contributed by atoms with Gasteiger partial charge in [-0.15, -0.1) is 0 Å². The SMILES string of the molecule is CCN1CC2(CCCC2)NCC1(C)CC. The first-order valence-electron chi connectivity index (χ1n) is 6.64. The van der Waals surface area contributed by atoms with Crippen molar-refractivity contribution >= 4 is 0 Å². The summed E-state index contributed by atoms with van der Waals surface area (Å²) in [6, 6.07) is 0. The van der Waals surface area contributed by atoms with Gasteiger partial charge in [-0.05, 0) is 32.7 Å². The van der Waals surface area contributed by atoms with Crippen LogP contribution < -0.4 is 5.32 Å². The van der Waals surface area contributed by atoms with Crippen LogP contribution in [0.2, 0.25) is 0 Å². The Morgan fingerprint density at radius 1 is 1.20 bits per heavy atom. The van der Waals surface area contributed by atoms with Crippen molar-refractivity contribution < 1.29 is 0 Å². The smallest absolute Gasteiger partial charge is 0.0309 e. The Morgan fingerprint density at radius 3 is 2.40 bits per heavy atom. The third-order valence-electron chi connectivity index (χ3n) is 4.81. The van der Waals surface area contributed by atoms with Crippen LogP contribution >= 0.6 is 0 Å². The van der Waals surface area contributed by atoms with Crippen molar-refractivity contribution in [1.29, 1.82) is 0 Å². The van der Waals surface area contributed by atoms with Crippen molar-refractivity contribution in [3.8, 4) is 0 Å². The van der Waals surface area contributed by atoms with Crippen molar-refractivity contribution in [2.24, 2.45) is 0 Å². The highest BCUT2D eigenvalue weighted by molar-refractivity contribution is 5.04. The summed E-state index contributed by atoms with van der Waals surface area (Å²) in [5, 5.41) is 3.86. The standard InChI is InChI=1S/C13H26N2/c1-4-12(3)10-14-13(8-6-7-9-13)11-15(12)5-2/h14H,4-11H2,1-3H3. The number of piperazine rings is 1. The summed E-state index contributed by atoms with van der Waals surface area (Å²) < 4.78 is 0. The van der Waals surface area contributed by atoms with Crippen LogP contribution in [0.25, 0.3) is 0 Å². The van der Waals surface area contributed by atoms with Crippen LogP contribution in [-0.4, -0.2) is 35.6 Å². The first kappa shape index (κ1) is 11.4. The fourth-order valence-electron chi connectivity index (χ4n) is 3.33. The highest BCUT2D eigenvalue weighted by atomic mass is 15.3. The summed E-state index contributed by atoms with van der Waals surface area (Å²) >= 11 is 0. The van der Waals surface area contributed by atoms with Gasteiger partial charge in [-0.2, -0.15) is 0 Å². The molecule has 0 bridgehead atoms. The van der Waals surface area contributed by atoms with E-state index >= 15 is 0 Å². The Bertz CT molecular complexity index is 221. The van der Waals surface area contributed by atoms with Gasteiger partial charge in [-0.25, -0.2) is 0 Å². The molecule has 0 aromatic carbocycles. The molecule has 1 saturated heterocycles. The Morgan fingerprint density at radius 2 is 1.87 bits per heavy atom. The van der Waals surface area contributed by atoms with E-state index in [1.807, 2.05) is 0 Å². The lowest BCUT2D eigenvalue weighted by atomic mass is 9.85. The monoisotopic (exact) mass is 210 g/mol. The van der Waals surface area contributed by atoms with Crippen molar-refractivity contribution in [3.05, 3.63) is 0 Å². The van der Waals surface area contributed by atoms with Gasteiger partial charge in [-0.1, -0.05) is 26.7 Å². The fraction of sp³-hybridized carbons (Fsp3) is 1.00. The van der Waals surface area contributed by atoms with E-state index in [-0.39, 0.29) is 0 Å². The summed E-state index contributed by atoms with van der Waals surface area (Å²) in [5.74, 6) is 0. The number of hydrogen-bond donors (Lipinski definition) is 1. The second-order valence-corrected chi connectivity index (χ2v) is 5.71. The third kappa shape index (κ3) is 1.94. The summed E-state index contributed by atoms with van der Waals surface area (Å²) in [6.07, 6.45) is 6.89. The second-order valence-electron chi connectivity index (χ2n) is 5.71. The van der Waals surface area contributed by atoms with Crippen molar-refractivity contribution in [3.63, 3.8) is 0 Å². The van der Waals surface area contributed by atoms with Gasteiger partial charge in [0.1, 0.15) is 0 Å². The molecule has 1 unspecified atom stereocenters. The highest BCUT2D eigenvalue weighted by Crippen LogP contribution is 2.36. The molecule has 0 radical (unpaired) electrons. The normalized spacial score (nSPS) is 36.2. The number of nitrogens with one attached hydrogen (secondary N) is 1. The van der Waals surface area contributed by atoms with E-state index in [2.05, 4.69) is 31.0 Å². The van der Waals surface area contributed by atoms with Crippen LogP contribution in [0, 0.1) is 0 Å². The Hall–Kier alpha value is -0.0800. The van der Waals surface area contributed by atoms with Crippen LogP contribution in [0.3, 0.4) is 0 Å². The summed E-state index contributed by atoms with van der Waals surface area (Å²) in [4.78, 5) is 2.70. The molecule has 15 heavy (non-hydrogen) atoms. The van der Waals surface area contributed by atoms with Gasteiger partial charge in [-0.3, -0.25) is 4.90 Å². The topological polar surface area (TPSA) is 15.3 Å². The zero-order valence-corrected chi connectivity index (χ0v) is 10.6. The van der Waals surface area contributed by atoms with Crippen molar-refractivity contribution in [2.75, 3.05) is 19.6 Å². The minimum Gasteiger partial charge on any atom is -0.308 e. The molecule has 0 aromatic heterocycles. The maximum atomic E-state index is 3.86. The van der Waals surface area contributed by atoms with Gasteiger partial charge in [0.15, 0.2) is 0 Å². The Labute approximate surface area is 94.4 Å². The predicted molar refractivity (Wildman–Crippen MR) is 65.1 cm³/mol. The summed E-state index contributed by atoms with van der Waals surface area (Å²) in [7, 11) is 0. The lowest BCUT2D eigenvalue weighted by molar-refractivity contribution is 0.0187. The Kier molecular flexibility index (Phi) is 3.09. The largest absolute Gasteiger partial charge is 0.308 e. The number of hydrogen-bond acceptors (Lipinski definition) is 2. The lowest BCUT2D eigenvalue weighted by Gasteiger charge is -2.52. The maximum Gasteiger partial charge on any atom is 0.0309 e. The molecule has 1 N–H and O–H groups in total. The van der Waals surface area contributed by atoms with E-state index in [9.17, 15) is 0 Å². The molecule has 1 atom stereocenters. The minimum atomic E-state index is 0.391.